The Balaban J connectivity index is 3.83. The lowest BCUT2D eigenvalue weighted by molar-refractivity contribution is -0.141. The molecule has 0 saturated carbocycles. The second kappa shape index (κ2) is 12.5. The number of unbranched alkanes of at least 4 members (excludes halogenated alkanes) is 1. The van der Waals surface area contributed by atoms with Crippen molar-refractivity contribution in [2.24, 2.45) is 11.8 Å². The number of esters is 1. The quantitative estimate of drug-likeness (QED) is 0.200. The van der Waals surface area contributed by atoms with E-state index in [2.05, 4.69) is 26.8 Å². The van der Waals surface area contributed by atoms with E-state index in [1.165, 1.54) is 32.1 Å². The van der Waals surface area contributed by atoms with Crippen molar-refractivity contribution in [3.05, 3.63) is 23.8 Å². The maximum absolute atomic E-state index is 11.5. The molecule has 0 aliphatic heterocycles. The van der Waals surface area contributed by atoms with Crippen molar-refractivity contribution < 1.29 is 9.53 Å². The van der Waals surface area contributed by atoms with Crippen LogP contribution in [0, 0.1) is 11.8 Å². The number of allylic oxidation sites excluding steroid dienone is 3. The minimum Gasteiger partial charge on any atom is -0.460 e. The Morgan fingerprint density at radius 2 is 1.64 bits per heavy atom. The topological polar surface area (TPSA) is 26.3 Å². The van der Waals surface area contributed by atoms with E-state index < -0.39 is 0 Å². The highest BCUT2D eigenvalue weighted by Gasteiger charge is 2.02. The highest BCUT2D eigenvalue weighted by molar-refractivity contribution is 5.83. The number of carbonyl (C=O) groups excluding carboxylic acids is 1. The summed E-state index contributed by atoms with van der Waals surface area (Å²) in [6, 6.07) is 0. The van der Waals surface area contributed by atoms with Crippen LogP contribution < -0.4 is 0 Å². The van der Waals surface area contributed by atoms with E-state index in [1.54, 1.807) is 6.08 Å². The Hall–Kier alpha value is -1.05. The van der Waals surface area contributed by atoms with E-state index in [0.717, 1.165) is 23.8 Å². The van der Waals surface area contributed by atoms with Gasteiger partial charge in [0.25, 0.3) is 0 Å². The summed E-state index contributed by atoms with van der Waals surface area (Å²) in [7, 11) is 0. The smallest absolute Gasteiger partial charge is 0.331 e. The van der Waals surface area contributed by atoms with Gasteiger partial charge in [0.2, 0.25) is 0 Å². The van der Waals surface area contributed by atoms with Crippen LogP contribution >= 0.6 is 0 Å². The lowest BCUT2D eigenvalue weighted by atomic mass is 9.96. The zero-order valence-electron chi connectivity index (χ0n) is 15.5. The molecule has 0 aromatic heterocycles. The molecule has 0 aromatic rings. The molecule has 1 atom stereocenters. The molecular formula is C20H36O2. The highest BCUT2D eigenvalue weighted by atomic mass is 16.5. The number of hydrogen-bond donors (Lipinski definition) is 0. The molecule has 1 unspecified atom stereocenters. The second-order valence-corrected chi connectivity index (χ2v) is 7.14. The Morgan fingerprint density at radius 1 is 1.00 bits per heavy atom. The van der Waals surface area contributed by atoms with Crippen molar-refractivity contribution in [2.75, 3.05) is 0 Å². The van der Waals surface area contributed by atoms with Gasteiger partial charge in [0.05, 0.1) is 6.10 Å². The van der Waals surface area contributed by atoms with Crippen molar-refractivity contribution in [3.63, 3.8) is 0 Å². The molecule has 0 rings (SSSR count). The molecule has 2 heteroatoms. The van der Waals surface area contributed by atoms with Gasteiger partial charge in [-0.25, -0.2) is 4.79 Å². The number of carbonyl (C=O) groups is 1. The predicted molar refractivity (Wildman–Crippen MR) is 95.8 cm³/mol. The number of hydrogen-bond acceptors (Lipinski definition) is 2. The van der Waals surface area contributed by atoms with E-state index in [1.807, 2.05) is 26.8 Å². The minimum atomic E-state index is -0.254. The van der Waals surface area contributed by atoms with E-state index in [9.17, 15) is 4.79 Å². The van der Waals surface area contributed by atoms with Crippen LogP contribution in [0.15, 0.2) is 23.8 Å². The van der Waals surface area contributed by atoms with Crippen molar-refractivity contribution in [3.8, 4) is 0 Å². The third-order valence-corrected chi connectivity index (χ3v) is 3.63. The monoisotopic (exact) mass is 308 g/mol. The van der Waals surface area contributed by atoms with Crippen molar-refractivity contribution in [1.82, 2.24) is 0 Å². The summed E-state index contributed by atoms with van der Waals surface area (Å²) in [5, 5.41) is 0. The lowest BCUT2D eigenvalue weighted by Gasteiger charge is -2.10. The van der Waals surface area contributed by atoms with Crippen LogP contribution in [0.5, 0.6) is 0 Å². The maximum atomic E-state index is 11.5. The molecular weight excluding hydrogens is 272 g/mol. The summed E-state index contributed by atoms with van der Waals surface area (Å²) in [5.74, 6) is 1.36. The summed E-state index contributed by atoms with van der Waals surface area (Å²) < 4.78 is 5.09. The average Bonchev–Trinajstić information content (AvgIpc) is 2.38. The van der Waals surface area contributed by atoms with Crippen molar-refractivity contribution in [1.29, 1.82) is 0 Å². The maximum Gasteiger partial charge on any atom is 0.331 e. The summed E-state index contributed by atoms with van der Waals surface area (Å²) >= 11 is 0. The normalized spacial score (nSPS) is 14.1. The summed E-state index contributed by atoms with van der Waals surface area (Å²) in [6.07, 6.45) is 13.4. The molecule has 0 saturated heterocycles. The van der Waals surface area contributed by atoms with Crippen LogP contribution in [-0.4, -0.2) is 12.1 Å². The van der Waals surface area contributed by atoms with Gasteiger partial charge in [-0.2, -0.15) is 0 Å². The van der Waals surface area contributed by atoms with Crippen LogP contribution in [-0.2, 0) is 9.53 Å². The Labute approximate surface area is 138 Å². The van der Waals surface area contributed by atoms with Gasteiger partial charge in [-0.1, -0.05) is 58.6 Å². The molecule has 0 aliphatic carbocycles. The fraction of sp³-hybridized carbons (Fsp3) is 0.750. The molecule has 0 aliphatic rings. The molecule has 0 radical (unpaired) electrons. The molecule has 0 fully saturated rings. The van der Waals surface area contributed by atoms with Gasteiger partial charge in [-0.05, 0) is 51.0 Å². The molecule has 0 bridgehead atoms. The van der Waals surface area contributed by atoms with Gasteiger partial charge >= 0.3 is 5.97 Å². The first-order chi connectivity index (χ1) is 10.3. The first-order valence-corrected chi connectivity index (χ1v) is 8.86. The molecule has 2 nitrogen and oxygen atoms in total. The van der Waals surface area contributed by atoms with Crippen molar-refractivity contribution >= 4 is 5.97 Å². The van der Waals surface area contributed by atoms with Gasteiger partial charge in [-0.3, -0.25) is 0 Å². The van der Waals surface area contributed by atoms with Crippen LogP contribution in [0.2, 0.25) is 0 Å². The Bertz CT molecular complexity index is 351. The molecule has 22 heavy (non-hydrogen) atoms. The minimum absolute atomic E-state index is 0.0583. The van der Waals surface area contributed by atoms with Crippen LogP contribution in [0.3, 0.4) is 0 Å². The van der Waals surface area contributed by atoms with Gasteiger partial charge in [0.15, 0.2) is 0 Å². The fourth-order valence-corrected chi connectivity index (χ4v) is 2.34. The number of ether oxygens (including phenoxy) is 1. The molecule has 0 N–H and O–H groups in total. The largest absolute Gasteiger partial charge is 0.460 e. The first-order valence-electron chi connectivity index (χ1n) is 8.86. The molecule has 0 aromatic carbocycles. The van der Waals surface area contributed by atoms with Crippen molar-refractivity contribution in [2.45, 2.75) is 86.2 Å². The Morgan fingerprint density at radius 3 is 2.23 bits per heavy atom. The molecule has 0 heterocycles. The van der Waals surface area contributed by atoms with Gasteiger partial charge in [0.1, 0.15) is 0 Å². The van der Waals surface area contributed by atoms with E-state index in [4.69, 9.17) is 4.74 Å². The van der Waals surface area contributed by atoms with Gasteiger partial charge < -0.3 is 4.74 Å². The van der Waals surface area contributed by atoms with E-state index in [0.29, 0.717) is 0 Å². The van der Waals surface area contributed by atoms with Crippen LogP contribution in [0.1, 0.15) is 80.1 Å². The zero-order valence-corrected chi connectivity index (χ0v) is 15.5. The SMILES string of the molecule is CC(/C=C/CCC(C)CCCCC(C)C)=C\C(=O)OC(C)C. The third-order valence-electron chi connectivity index (χ3n) is 3.63. The predicted octanol–water partition coefficient (Wildman–Crippen LogP) is 6.07. The highest BCUT2D eigenvalue weighted by Crippen LogP contribution is 2.17. The van der Waals surface area contributed by atoms with Gasteiger partial charge in [0, 0.05) is 6.08 Å². The zero-order chi connectivity index (χ0) is 17.0. The number of rotatable bonds is 11. The van der Waals surface area contributed by atoms with E-state index in [-0.39, 0.29) is 12.1 Å². The first kappa shape index (κ1) is 20.9. The van der Waals surface area contributed by atoms with E-state index >= 15 is 0 Å². The average molecular weight is 309 g/mol. The standard InChI is InChI=1S/C20H36O2/c1-16(2)11-7-8-12-18(5)13-9-10-14-19(6)15-20(21)22-17(3)4/h10,14-18H,7-9,11-13H2,1-6H3/b14-10+,19-15+. The lowest BCUT2D eigenvalue weighted by Crippen LogP contribution is -2.08. The van der Waals surface area contributed by atoms with Crippen LogP contribution in [0.25, 0.3) is 0 Å². The van der Waals surface area contributed by atoms with Gasteiger partial charge in [-0.15, -0.1) is 0 Å². The molecule has 128 valence electrons. The third kappa shape index (κ3) is 13.9. The Kier molecular flexibility index (Phi) is 11.9. The molecule has 0 amide bonds. The summed E-state index contributed by atoms with van der Waals surface area (Å²) in [4.78, 5) is 11.5. The summed E-state index contributed by atoms with van der Waals surface area (Å²) in [5.41, 5.74) is 0.954. The molecule has 0 spiro atoms. The second-order valence-electron chi connectivity index (χ2n) is 7.14. The fourth-order valence-electron chi connectivity index (χ4n) is 2.34. The van der Waals surface area contributed by atoms with Crippen LogP contribution in [0.4, 0.5) is 0 Å². The summed E-state index contributed by atoms with van der Waals surface area (Å²) in [6.45, 7) is 12.6.